The van der Waals surface area contributed by atoms with Crippen molar-refractivity contribution in [2.24, 2.45) is 11.1 Å². The zero-order chi connectivity index (χ0) is 12.2. The van der Waals surface area contributed by atoms with Crippen molar-refractivity contribution < 1.29 is 9.53 Å². The van der Waals surface area contributed by atoms with E-state index in [4.69, 9.17) is 10.5 Å². The molecular weight excluding hydrogens is 192 g/mol. The molecule has 4 nitrogen and oxygen atoms in total. The van der Waals surface area contributed by atoms with Crippen molar-refractivity contribution in [2.45, 2.75) is 39.8 Å². The van der Waals surface area contributed by atoms with Gasteiger partial charge in [0, 0.05) is 14.2 Å². The average Bonchev–Trinajstić information content (AvgIpc) is 2.13. The Morgan fingerprint density at radius 1 is 1.47 bits per heavy atom. The van der Waals surface area contributed by atoms with Gasteiger partial charge in [-0.2, -0.15) is 0 Å². The first-order valence-corrected chi connectivity index (χ1v) is 5.23. The lowest BCUT2D eigenvalue weighted by Crippen LogP contribution is -2.52. The van der Waals surface area contributed by atoms with Crippen LogP contribution in [0.4, 0.5) is 0 Å². The van der Waals surface area contributed by atoms with Crippen molar-refractivity contribution in [1.29, 1.82) is 0 Å². The molecule has 0 aliphatic carbocycles. The van der Waals surface area contributed by atoms with E-state index in [1.807, 2.05) is 27.7 Å². The topological polar surface area (TPSA) is 55.6 Å². The predicted octanol–water partition coefficient (Wildman–Crippen LogP) is 0.853. The largest absolute Gasteiger partial charge is 0.383 e. The molecule has 0 saturated heterocycles. The van der Waals surface area contributed by atoms with Gasteiger partial charge in [-0.25, -0.2) is 0 Å². The Labute approximate surface area is 92.8 Å². The number of nitrogens with two attached hydrogens (primary N) is 1. The van der Waals surface area contributed by atoms with Crippen LogP contribution in [0.5, 0.6) is 0 Å². The first kappa shape index (κ1) is 14.4. The molecule has 0 aromatic heterocycles. The van der Waals surface area contributed by atoms with E-state index in [1.54, 1.807) is 19.1 Å². The molecule has 0 aliphatic heterocycles. The molecule has 0 aliphatic rings. The number of likely N-dealkylation sites (N-methyl/N-ethyl adjacent to an activating group) is 1. The maximum atomic E-state index is 12.0. The number of hydrogen-bond acceptors (Lipinski definition) is 3. The molecule has 0 aromatic rings. The van der Waals surface area contributed by atoms with E-state index in [-0.39, 0.29) is 17.4 Å². The number of methoxy groups -OCH3 is 1. The van der Waals surface area contributed by atoms with Crippen molar-refractivity contribution in [3.8, 4) is 0 Å². The first-order chi connectivity index (χ1) is 6.71. The third kappa shape index (κ3) is 4.18. The molecule has 1 unspecified atom stereocenters. The second kappa shape index (κ2) is 5.47. The molecule has 2 atom stereocenters. The van der Waals surface area contributed by atoms with Gasteiger partial charge in [-0.15, -0.1) is 0 Å². The molecule has 0 spiro atoms. The van der Waals surface area contributed by atoms with Gasteiger partial charge in [0.25, 0.3) is 0 Å². The van der Waals surface area contributed by atoms with Crippen molar-refractivity contribution in [2.75, 3.05) is 20.8 Å². The number of nitrogens with zero attached hydrogens (tertiary/aromatic N) is 1. The monoisotopic (exact) mass is 216 g/mol. The van der Waals surface area contributed by atoms with Crippen molar-refractivity contribution in [3.63, 3.8) is 0 Å². The highest BCUT2D eigenvalue weighted by Crippen LogP contribution is 2.19. The Kier molecular flexibility index (Phi) is 5.24. The summed E-state index contributed by atoms with van der Waals surface area (Å²) in [6.07, 6.45) is 0. The normalized spacial score (nSPS) is 15.9. The lowest BCUT2D eigenvalue weighted by Gasteiger charge is -2.32. The van der Waals surface area contributed by atoms with E-state index in [2.05, 4.69) is 0 Å². The molecule has 0 fully saturated rings. The third-order valence-corrected chi connectivity index (χ3v) is 2.62. The van der Waals surface area contributed by atoms with E-state index in [0.29, 0.717) is 6.61 Å². The molecule has 0 saturated carbocycles. The molecule has 0 radical (unpaired) electrons. The summed E-state index contributed by atoms with van der Waals surface area (Å²) in [6.45, 7) is 8.36. The minimum Gasteiger partial charge on any atom is -0.383 e. The molecule has 2 N–H and O–H groups in total. The van der Waals surface area contributed by atoms with Gasteiger partial charge in [0.15, 0.2) is 0 Å². The van der Waals surface area contributed by atoms with Gasteiger partial charge in [0.2, 0.25) is 5.91 Å². The van der Waals surface area contributed by atoms with E-state index in [9.17, 15) is 4.79 Å². The number of carbonyl (C=O) groups is 1. The predicted molar refractivity (Wildman–Crippen MR) is 61.5 cm³/mol. The summed E-state index contributed by atoms with van der Waals surface area (Å²) in [5.41, 5.74) is 5.69. The van der Waals surface area contributed by atoms with E-state index < -0.39 is 6.04 Å². The third-order valence-electron chi connectivity index (χ3n) is 2.62. The second-order valence-electron chi connectivity index (χ2n) is 5.10. The maximum Gasteiger partial charge on any atom is 0.240 e. The van der Waals surface area contributed by atoms with Gasteiger partial charge in [0.05, 0.1) is 18.7 Å². The Hall–Kier alpha value is -0.610. The fourth-order valence-electron chi connectivity index (χ4n) is 1.16. The fourth-order valence-corrected chi connectivity index (χ4v) is 1.16. The Morgan fingerprint density at radius 2 is 1.93 bits per heavy atom. The van der Waals surface area contributed by atoms with Crippen LogP contribution < -0.4 is 5.73 Å². The van der Waals surface area contributed by atoms with Gasteiger partial charge in [-0.1, -0.05) is 20.8 Å². The van der Waals surface area contributed by atoms with E-state index in [0.717, 1.165) is 0 Å². The summed E-state index contributed by atoms with van der Waals surface area (Å²) >= 11 is 0. The maximum absolute atomic E-state index is 12.0. The fraction of sp³-hybridized carbons (Fsp3) is 0.909. The van der Waals surface area contributed by atoms with Gasteiger partial charge >= 0.3 is 0 Å². The number of rotatable bonds is 4. The van der Waals surface area contributed by atoms with Crippen molar-refractivity contribution in [3.05, 3.63) is 0 Å². The van der Waals surface area contributed by atoms with Crippen molar-refractivity contribution >= 4 is 5.91 Å². The molecule has 1 amide bonds. The molecule has 0 heterocycles. The molecular formula is C11H24N2O2. The summed E-state index contributed by atoms with van der Waals surface area (Å²) in [4.78, 5) is 13.6. The minimum atomic E-state index is -0.471. The number of carbonyl (C=O) groups excluding carboxylic acids is 1. The van der Waals surface area contributed by atoms with Crippen LogP contribution in [0, 0.1) is 5.41 Å². The van der Waals surface area contributed by atoms with Crippen LogP contribution in [0.1, 0.15) is 27.7 Å². The highest BCUT2D eigenvalue weighted by Gasteiger charge is 2.31. The van der Waals surface area contributed by atoms with Gasteiger partial charge < -0.3 is 15.4 Å². The average molecular weight is 216 g/mol. The van der Waals surface area contributed by atoms with Crippen LogP contribution in [0.25, 0.3) is 0 Å². The number of amides is 1. The van der Waals surface area contributed by atoms with Crippen LogP contribution in [0.3, 0.4) is 0 Å². The Morgan fingerprint density at radius 3 is 2.27 bits per heavy atom. The van der Waals surface area contributed by atoms with Gasteiger partial charge in [0.1, 0.15) is 0 Å². The number of ether oxygens (including phenoxy) is 1. The quantitative estimate of drug-likeness (QED) is 0.758. The zero-order valence-electron chi connectivity index (χ0n) is 10.7. The first-order valence-electron chi connectivity index (χ1n) is 5.23. The van der Waals surface area contributed by atoms with E-state index in [1.165, 1.54) is 0 Å². The molecule has 15 heavy (non-hydrogen) atoms. The highest BCUT2D eigenvalue weighted by atomic mass is 16.5. The lowest BCUT2D eigenvalue weighted by molar-refractivity contribution is -0.136. The SMILES string of the molecule is COCC(C)N(C)C(=O)[C@H](N)C(C)(C)C. The van der Waals surface area contributed by atoms with Gasteiger partial charge in [-0.3, -0.25) is 4.79 Å². The summed E-state index contributed by atoms with van der Waals surface area (Å²) in [5.74, 6) is -0.0351. The molecule has 4 heteroatoms. The molecule has 0 aromatic carbocycles. The minimum absolute atomic E-state index is 0.0351. The van der Waals surface area contributed by atoms with Crippen LogP contribution in [-0.4, -0.2) is 43.7 Å². The standard InChI is InChI=1S/C11H24N2O2/c1-8(7-15-6)13(5)10(14)9(12)11(2,3)4/h8-9H,7,12H2,1-6H3/t8?,9-/m0/s1. The van der Waals surface area contributed by atoms with Crippen LogP contribution in [0.15, 0.2) is 0 Å². The second-order valence-corrected chi connectivity index (χ2v) is 5.10. The summed E-state index contributed by atoms with van der Waals surface area (Å²) in [5, 5.41) is 0. The molecule has 0 bridgehead atoms. The highest BCUT2D eigenvalue weighted by molar-refractivity contribution is 5.82. The summed E-state index contributed by atoms with van der Waals surface area (Å²) < 4.78 is 5.01. The lowest BCUT2D eigenvalue weighted by atomic mass is 9.86. The van der Waals surface area contributed by atoms with Crippen LogP contribution in [0.2, 0.25) is 0 Å². The Bertz CT molecular complexity index is 211. The van der Waals surface area contributed by atoms with Crippen LogP contribution >= 0.6 is 0 Å². The van der Waals surface area contributed by atoms with E-state index >= 15 is 0 Å². The molecule has 0 rings (SSSR count). The smallest absolute Gasteiger partial charge is 0.240 e. The van der Waals surface area contributed by atoms with Gasteiger partial charge in [-0.05, 0) is 12.3 Å². The Balaban J connectivity index is 4.44. The van der Waals surface area contributed by atoms with Crippen molar-refractivity contribution in [1.82, 2.24) is 4.90 Å². The summed E-state index contributed by atoms with van der Waals surface area (Å²) in [6, 6.07) is -0.419. The number of hydrogen-bond donors (Lipinski definition) is 1. The zero-order valence-corrected chi connectivity index (χ0v) is 10.7. The molecule has 90 valence electrons. The summed E-state index contributed by atoms with van der Waals surface area (Å²) in [7, 11) is 3.39. The van der Waals surface area contributed by atoms with Crippen LogP contribution in [-0.2, 0) is 9.53 Å².